The first-order chi connectivity index (χ1) is 18.7. The Bertz CT molecular complexity index is 1580. The molecular formula is C29H31N5O3S2. The molecule has 0 saturated heterocycles. The second-order valence-electron chi connectivity index (χ2n) is 10.7. The number of hydrogen-bond acceptors (Lipinski definition) is 8. The molecule has 1 amide bonds. The average molecular weight is 562 g/mol. The lowest BCUT2D eigenvalue weighted by atomic mass is 9.72. The van der Waals surface area contributed by atoms with Crippen LogP contribution >= 0.6 is 23.1 Å². The molecule has 1 aliphatic rings. The number of fused-ring (bicyclic) bond motifs is 2. The normalized spacial score (nSPS) is 15.1. The number of para-hydroxylation sites is 1. The molecule has 0 fully saturated rings. The number of carbonyl (C=O) groups excluding carboxylic acids is 1. The summed E-state index contributed by atoms with van der Waals surface area (Å²) in [4.78, 5) is 14.2. The molecular weight excluding hydrogens is 530 g/mol. The number of benzene rings is 1. The third kappa shape index (κ3) is 5.34. The second-order valence-corrected chi connectivity index (χ2v) is 12.7. The standard InChI is InChI=1S/C29H31N5O3S2/c1-6-12-34-26(22-13-17-8-7-9-21(36-5)25(17)37-22)32-33-28(34)38-16-24(35)31-27-20(15-30)19-11-10-18(29(2,3)4)14-23(19)39-27/h6-9,13,18H,1,10-12,14,16H2,2-5H3,(H,31,35)/t18-/m1/s1. The van der Waals surface area contributed by atoms with E-state index < -0.39 is 0 Å². The lowest BCUT2D eigenvalue weighted by Crippen LogP contribution is -2.26. The fourth-order valence-corrected chi connectivity index (χ4v) is 7.04. The zero-order valence-corrected chi connectivity index (χ0v) is 24.2. The third-order valence-electron chi connectivity index (χ3n) is 7.16. The number of thioether (sulfide) groups is 1. The van der Waals surface area contributed by atoms with Crippen molar-refractivity contribution in [3.05, 3.63) is 52.9 Å². The molecule has 0 spiro atoms. The van der Waals surface area contributed by atoms with E-state index in [1.165, 1.54) is 16.6 Å². The summed E-state index contributed by atoms with van der Waals surface area (Å²) >= 11 is 2.82. The quantitative estimate of drug-likeness (QED) is 0.188. The van der Waals surface area contributed by atoms with E-state index in [1.54, 1.807) is 24.5 Å². The van der Waals surface area contributed by atoms with Crippen LogP contribution in [-0.4, -0.2) is 33.5 Å². The van der Waals surface area contributed by atoms with E-state index in [0.29, 0.717) is 51.1 Å². The van der Waals surface area contributed by atoms with E-state index in [4.69, 9.17) is 9.15 Å². The van der Waals surface area contributed by atoms with Crippen LogP contribution in [0.25, 0.3) is 22.6 Å². The zero-order valence-electron chi connectivity index (χ0n) is 22.5. The zero-order chi connectivity index (χ0) is 27.7. The molecule has 39 heavy (non-hydrogen) atoms. The van der Waals surface area contributed by atoms with Crippen molar-refractivity contribution in [3.8, 4) is 23.4 Å². The van der Waals surface area contributed by atoms with Crippen LogP contribution in [0.4, 0.5) is 5.00 Å². The Morgan fingerprint density at radius 1 is 1.41 bits per heavy atom. The summed E-state index contributed by atoms with van der Waals surface area (Å²) < 4.78 is 13.4. The van der Waals surface area contributed by atoms with Gasteiger partial charge in [-0.15, -0.1) is 28.1 Å². The number of methoxy groups -OCH3 is 1. The van der Waals surface area contributed by atoms with Gasteiger partial charge in [0.05, 0.1) is 18.4 Å². The molecule has 10 heteroatoms. The molecule has 5 rings (SSSR count). The van der Waals surface area contributed by atoms with Crippen molar-refractivity contribution in [2.75, 3.05) is 18.2 Å². The number of thiophene rings is 1. The van der Waals surface area contributed by atoms with Gasteiger partial charge in [-0.05, 0) is 48.3 Å². The van der Waals surface area contributed by atoms with Crippen LogP contribution in [0, 0.1) is 22.7 Å². The Morgan fingerprint density at radius 3 is 2.95 bits per heavy atom. The third-order valence-corrected chi connectivity index (χ3v) is 9.30. The summed E-state index contributed by atoms with van der Waals surface area (Å²) in [5.41, 5.74) is 2.56. The van der Waals surface area contributed by atoms with Crippen molar-refractivity contribution < 1.29 is 13.9 Å². The molecule has 3 aromatic heterocycles. The number of allylic oxidation sites excluding steroid dienone is 1. The predicted molar refractivity (Wildman–Crippen MR) is 155 cm³/mol. The molecule has 1 atom stereocenters. The number of carbonyl (C=O) groups is 1. The van der Waals surface area contributed by atoms with E-state index in [1.807, 2.05) is 28.8 Å². The van der Waals surface area contributed by atoms with Crippen LogP contribution in [0.15, 0.2) is 46.5 Å². The van der Waals surface area contributed by atoms with E-state index in [-0.39, 0.29) is 17.1 Å². The number of aromatic nitrogens is 3. The molecule has 1 aromatic carbocycles. The van der Waals surface area contributed by atoms with Crippen LogP contribution in [0.5, 0.6) is 5.75 Å². The Kier molecular flexibility index (Phi) is 7.56. The summed E-state index contributed by atoms with van der Waals surface area (Å²) in [6, 6.07) is 9.92. The van der Waals surface area contributed by atoms with Gasteiger partial charge < -0.3 is 14.5 Å². The highest BCUT2D eigenvalue weighted by Crippen LogP contribution is 2.44. The highest BCUT2D eigenvalue weighted by molar-refractivity contribution is 7.99. The first kappa shape index (κ1) is 27.0. The largest absolute Gasteiger partial charge is 0.493 e. The van der Waals surface area contributed by atoms with Crippen molar-refractivity contribution in [2.24, 2.45) is 11.3 Å². The summed E-state index contributed by atoms with van der Waals surface area (Å²) in [5.74, 6) is 2.24. The molecule has 3 heterocycles. The lowest BCUT2D eigenvalue weighted by molar-refractivity contribution is -0.113. The number of rotatable bonds is 8. The maximum absolute atomic E-state index is 13.0. The van der Waals surface area contributed by atoms with Gasteiger partial charge >= 0.3 is 0 Å². The van der Waals surface area contributed by atoms with E-state index in [2.05, 4.69) is 48.9 Å². The Hall–Kier alpha value is -3.55. The van der Waals surface area contributed by atoms with E-state index in [9.17, 15) is 10.1 Å². The van der Waals surface area contributed by atoms with Crippen LogP contribution in [-0.2, 0) is 24.2 Å². The highest BCUT2D eigenvalue weighted by Gasteiger charge is 2.32. The molecule has 0 radical (unpaired) electrons. The SMILES string of the molecule is C=CCn1c(SCC(=O)Nc2sc3c(c2C#N)CC[C@@H](C(C)(C)C)C3)nnc1-c1cc2cccc(OC)c2o1. The predicted octanol–water partition coefficient (Wildman–Crippen LogP) is 6.70. The van der Waals surface area contributed by atoms with Gasteiger partial charge in [-0.3, -0.25) is 9.36 Å². The summed E-state index contributed by atoms with van der Waals surface area (Å²) in [5, 5.41) is 23.6. The molecule has 0 bridgehead atoms. The topological polar surface area (TPSA) is 106 Å². The van der Waals surface area contributed by atoms with E-state index >= 15 is 0 Å². The number of ether oxygens (including phenoxy) is 1. The molecule has 1 aliphatic carbocycles. The van der Waals surface area contributed by atoms with E-state index in [0.717, 1.165) is 30.2 Å². The number of amides is 1. The minimum Gasteiger partial charge on any atom is -0.493 e. The number of anilines is 1. The first-order valence-corrected chi connectivity index (χ1v) is 14.6. The molecule has 8 nitrogen and oxygen atoms in total. The van der Waals surface area contributed by atoms with Gasteiger partial charge in [0, 0.05) is 16.8 Å². The fourth-order valence-electron chi connectivity index (χ4n) is 5.00. The van der Waals surface area contributed by atoms with Crippen molar-refractivity contribution in [1.29, 1.82) is 5.26 Å². The van der Waals surface area contributed by atoms with Gasteiger partial charge in [0.2, 0.25) is 11.7 Å². The van der Waals surface area contributed by atoms with Crippen LogP contribution in [0.1, 0.15) is 43.2 Å². The average Bonchev–Trinajstić information content (AvgIpc) is 3.60. The van der Waals surface area contributed by atoms with Crippen molar-refractivity contribution in [1.82, 2.24) is 14.8 Å². The molecule has 0 unspecified atom stereocenters. The van der Waals surface area contributed by atoms with Gasteiger partial charge in [-0.1, -0.05) is 50.7 Å². The smallest absolute Gasteiger partial charge is 0.235 e. The number of nitrogens with one attached hydrogen (secondary N) is 1. The summed E-state index contributed by atoms with van der Waals surface area (Å²) in [6.45, 7) is 11.1. The number of nitrogens with zero attached hydrogens (tertiary/aromatic N) is 4. The molecule has 4 aromatic rings. The summed E-state index contributed by atoms with van der Waals surface area (Å²) in [6.07, 6.45) is 4.64. The van der Waals surface area contributed by atoms with Crippen LogP contribution < -0.4 is 10.1 Å². The minimum absolute atomic E-state index is 0.126. The number of hydrogen-bond donors (Lipinski definition) is 1. The molecule has 0 saturated carbocycles. The number of nitriles is 1. The van der Waals surface area contributed by atoms with Gasteiger partial charge in [0.1, 0.15) is 11.1 Å². The molecule has 202 valence electrons. The van der Waals surface area contributed by atoms with Gasteiger partial charge in [0.15, 0.2) is 22.2 Å². The van der Waals surface area contributed by atoms with Gasteiger partial charge in [-0.2, -0.15) is 5.26 Å². The van der Waals surface area contributed by atoms with Crippen LogP contribution in [0.2, 0.25) is 0 Å². The van der Waals surface area contributed by atoms with Gasteiger partial charge in [0.25, 0.3) is 0 Å². The highest BCUT2D eigenvalue weighted by atomic mass is 32.2. The Labute approximate surface area is 236 Å². The van der Waals surface area contributed by atoms with Crippen molar-refractivity contribution >= 4 is 45.0 Å². The first-order valence-electron chi connectivity index (χ1n) is 12.8. The number of furan rings is 1. The fraction of sp³-hybridized carbons (Fsp3) is 0.379. The Morgan fingerprint density at radius 2 is 2.23 bits per heavy atom. The maximum atomic E-state index is 13.0. The molecule has 0 aliphatic heterocycles. The maximum Gasteiger partial charge on any atom is 0.235 e. The lowest BCUT2D eigenvalue weighted by Gasteiger charge is -2.33. The summed E-state index contributed by atoms with van der Waals surface area (Å²) in [7, 11) is 1.60. The monoisotopic (exact) mass is 561 g/mol. The van der Waals surface area contributed by atoms with Crippen molar-refractivity contribution in [3.63, 3.8) is 0 Å². The molecule has 1 N–H and O–H groups in total. The van der Waals surface area contributed by atoms with Crippen LogP contribution in [0.3, 0.4) is 0 Å². The second kappa shape index (κ2) is 10.9. The van der Waals surface area contributed by atoms with Gasteiger partial charge in [-0.25, -0.2) is 0 Å². The Balaban J connectivity index is 1.32. The van der Waals surface area contributed by atoms with Crippen molar-refractivity contribution in [2.45, 2.75) is 51.7 Å². The minimum atomic E-state index is -0.189.